The molecule has 0 aliphatic carbocycles. The molecule has 0 atom stereocenters. The summed E-state index contributed by atoms with van der Waals surface area (Å²) in [6, 6.07) is 11.5. The molecule has 0 radical (unpaired) electrons. The maximum atomic E-state index is 11.2. The van der Waals surface area contributed by atoms with Crippen LogP contribution in [-0.4, -0.2) is 25.8 Å². The summed E-state index contributed by atoms with van der Waals surface area (Å²) in [5.74, 6) is -0.926. The van der Waals surface area contributed by atoms with Gasteiger partial charge < -0.3 is 5.11 Å². The van der Waals surface area contributed by atoms with Crippen LogP contribution >= 0.6 is 22.9 Å². The number of aryl methyl sites for hydroxylation is 1. The fourth-order valence-corrected chi connectivity index (χ4v) is 3.89. The van der Waals surface area contributed by atoms with E-state index in [0.29, 0.717) is 15.8 Å². The molecule has 7 heteroatoms. The maximum absolute atomic E-state index is 11.2. The van der Waals surface area contributed by atoms with E-state index in [1.807, 2.05) is 37.3 Å². The summed E-state index contributed by atoms with van der Waals surface area (Å²) in [6.45, 7) is 1.88. The van der Waals surface area contributed by atoms with E-state index in [0.717, 1.165) is 26.7 Å². The van der Waals surface area contributed by atoms with Crippen LogP contribution in [0.5, 0.6) is 0 Å². The molecular formula is C17H12ClN3O2S. The number of hydrogen-bond donors (Lipinski definition) is 1. The number of nitrogens with zero attached hydrogens (tertiary/aromatic N) is 3. The molecule has 0 spiro atoms. The van der Waals surface area contributed by atoms with Crippen molar-refractivity contribution in [2.45, 2.75) is 13.3 Å². The van der Waals surface area contributed by atoms with Crippen molar-refractivity contribution in [1.82, 2.24) is 14.8 Å². The molecule has 0 saturated carbocycles. The number of benzene rings is 2. The number of rotatable bonds is 3. The molecule has 2 aromatic carbocycles. The monoisotopic (exact) mass is 357 g/mol. The van der Waals surface area contributed by atoms with Crippen LogP contribution in [0.4, 0.5) is 0 Å². The van der Waals surface area contributed by atoms with E-state index in [-0.39, 0.29) is 6.42 Å². The Balaban J connectivity index is 2.01. The van der Waals surface area contributed by atoms with Gasteiger partial charge in [0.25, 0.3) is 0 Å². The Morgan fingerprint density at radius 3 is 2.83 bits per heavy atom. The van der Waals surface area contributed by atoms with Crippen molar-refractivity contribution in [3.05, 3.63) is 52.7 Å². The molecule has 4 aromatic rings. The number of hydrogen-bond acceptors (Lipinski definition) is 4. The highest BCUT2D eigenvalue weighted by Crippen LogP contribution is 2.32. The van der Waals surface area contributed by atoms with E-state index in [4.69, 9.17) is 11.6 Å². The highest BCUT2D eigenvalue weighted by atomic mass is 35.5. The average molecular weight is 358 g/mol. The highest BCUT2D eigenvalue weighted by molar-refractivity contribution is 7.20. The Bertz CT molecular complexity index is 1070. The zero-order chi connectivity index (χ0) is 16.8. The molecule has 2 heterocycles. The topological polar surface area (TPSA) is 68.0 Å². The van der Waals surface area contributed by atoms with E-state index < -0.39 is 5.97 Å². The summed E-state index contributed by atoms with van der Waals surface area (Å²) in [5, 5.41) is 15.8. The van der Waals surface area contributed by atoms with Crippen LogP contribution in [0, 0.1) is 6.92 Å². The maximum Gasteiger partial charge on any atom is 0.309 e. The molecule has 0 saturated heterocycles. The van der Waals surface area contributed by atoms with Gasteiger partial charge in [-0.25, -0.2) is 9.67 Å². The second-order valence-corrected chi connectivity index (χ2v) is 6.88. The summed E-state index contributed by atoms with van der Waals surface area (Å²) in [4.78, 5) is 15.8. The zero-order valence-corrected chi connectivity index (χ0v) is 14.2. The first-order valence-electron chi connectivity index (χ1n) is 7.29. The lowest BCUT2D eigenvalue weighted by Gasteiger charge is -2.02. The molecule has 24 heavy (non-hydrogen) atoms. The quantitative estimate of drug-likeness (QED) is 0.596. The number of fused-ring (bicyclic) bond motifs is 2. The van der Waals surface area contributed by atoms with Gasteiger partial charge in [-0.05, 0) is 36.8 Å². The van der Waals surface area contributed by atoms with Crippen molar-refractivity contribution in [1.29, 1.82) is 0 Å². The zero-order valence-electron chi connectivity index (χ0n) is 12.7. The number of halogens is 1. The van der Waals surface area contributed by atoms with Crippen LogP contribution in [0.15, 0.2) is 36.4 Å². The number of carbonyl (C=O) groups is 1. The van der Waals surface area contributed by atoms with E-state index in [1.54, 1.807) is 10.7 Å². The SMILES string of the molecule is Cc1c(Cl)ccc2c1c(CC(=O)O)nn2-c1nc2ccccc2s1. The molecule has 1 N–H and O–H groups in total. The molecule has 4 rings (SSSR count). The molecule has 0 bridgehead atoms. The van der Waals surface area contributed by atoms with Crippen LogP contribution in [0.3, 0.4) is 0 Å². The number of carboxylic acid groups (broad SMARTS) is 1. The van der Waals surface area contributed by atoms with Crippen LogP contribution in [-0.2, 0) is 11.2 Å². The van der Waals surface area contributed by atoms with E-state index in [9.17, 15) is 9.90 Å². The summed E-state index contributed by atoms with van der Waals surface area (Å²) < 4.78 is 2.77. The number of aromatic nitrogens is 3. The molecule has 0 fully saturated rings. The van der Waals surface area contributed by atoms with Crippen LogP contribution in [0.1, 0.15) is 11.3 Å². The second-order valence-electron chi connectivity index (χ2n) is 5.46. The Hall–Kier alpha value is -2.44. The molecular weight excluding hydrogens is 346 g/mol. The first-order valence-corrected chi connectivity index (χ1v) is 8.48. The molecule has 120 valence electrons. The highest BCUT2D eigenvalue weighted by Gasteiger charge is 2.19. The summed E-state index contributed by atoms with van der Waals surface area (Å²) in [6.07, 6.45) is -0.157. The number of para-hydroxylation sites is 1. The third-order valence-corrected chi connectivity index (χ3v) is 5.32. The summed E-state index contributed by atoms with van der Waals surface area (Å²) >= 11 is 7.73. The van der Waals surface area contributed by atoms with Crippen molar-refractivity contribution in [2.75, 3.05) is 0 Å². The minimum Gasteiger partial charge on any atom is -0.481 e. The van der Waals surface area contributed by atoms with Crippen molar-refractivity contribution in [3.8, 4) is 5.13 Å². The van der Waals surface area contributed by atoms with Gasteiger partial charge in [0.15, 0.2) is 0 Å². The van der Waals surface area contributed by atoms with Gasteiger partial charge in [0.2, 0.25) is 5.13 Å². The van der Waals surface area contributed by atoms with Gasteiger partial charge in [0.1, 0.15) is 0 Å². The van der Waals surface area contributed by atoms with Gasteiger partial charge in [-0.2, -0.15) is 5.10 Å². The minimum absolute atomic E-state index is 0.157. The predicted molar refractivity (Wildman–Crippen MR) is 95.3 cm³/mol. The normalized spacial score (nSPS) is 11.4. The minimum atomic E-state index is -0.926. The summed E-state index contributed by atoms with van der Waals surface area (Å²) in [5.41, 5.74) is 3.04. The van der Waals surface area contributed by atoms with Crippen LogP contribution in [0.2, 0.25) is 5.02 Å². The smallest absolute Gasteiger partial charge is 0.309 e. The second kappa shape index (κ2) is 5.58. The van der Waals surface area contributed by atoms with Crippen molar-refractivity contribution in [3.63, 3.8) is 0 Å². The largest absolute Gasteiger partial charge is 0.481 e. The van der Waals surface area contributed by atoms with Gasteiger partial charge in [0.05, 0.1) is 27.8 Å². The fourth-order valence-electron chi connectivity index (χ4n) is 2.80. The lowest BCUT2D eigenvalue weighted by molar-refractivity contribution is -0.136. The van der Waals surface area contributed by atoms with E-state index in [1.165, 1.54) is 11.3 Å². The first kappa shape index (κ1) is 15.1. The van der Waals surface area contributed by atoms with Crippen LogP contribution in [0.25, 0.3) is 26.3 Å². The summed E-state index contributed by atoms with van der Waals surface area (Å²) in [7, 11) is 0. The lowest BCUT2D eigenvalue weighted by atomic mass is 10.1. The molecule has 0 amide bonds. The number of carboxylic acids is 1. The third-order valence-electron chi connectivity index (χ3n) is 3.90. The van der Waals surface area contributed by atoms with Gasteiger partial charge in [-0.15, -0.1) is 0 Å². The van der Waals surface area contributed by atoms with Crippen LogP contribution < -0.4 is 0 Å². The Morgan fingerprint density at radius 2 is 2.08 bits per heavy atom. The Kier molecular flexibility index (Phi) is 3.51. The molecule has 0 unspecified atom stereocenters. The molecule has 0 aliphatic rings. The van der Waals surface area contributed by atoms with E-state index in [2.05, 4.69) is 10.1 Å². The van der Waals surface area contributed by atoms with Gasteiger partial charge >= 0.3 is 5.97 Å². The Labute approximate surface area is 146 Å². The lowest BCUT2D eigenvalue weighted by Crippen LogP contribution is -2.02. The van der Waals surface area contributed by atoms with Crippen molar-refractivity contribution < 1.29 is 9.90 Å². The molecule has 0 aliphatic heterocycles. The van der Waals surface area contributed by atoms with Gasteiger partial charge in [0, 0.05) is 10.4 Å². The predicted octanol–water partition coefficient (Wildman–Crippen LogP) is 4.22. The van der Waals surface area contributed by atoms with Crippen molar-refractivity contribution >= 4 is 50.0 Å². The first-order chi connectivity index (χ1) is 11.5. The van der Waals surface area contributed by atoms with E-state index >= 15 is 0 Å². The third kappa shape index (κ3) is 2.35. The fraction of sp³-hybridized carbons (Fsp3) is 0.118. The number of thiazole rings is 1. The van der Waals surface area contributed by atoms with Crippen molar-refractivity contribution in [2.24, 2.45) is 0 Å². The molecule has 2 aromatic heterocycles. The Morgan fingerprint density at radius 1 is 1.29 bits per heavy atom. The standard InChI is InChI=1S/C17H12ClN3O2S/c1-9-10(18)6-7-13-16(9)12(8-15(22)23)20-21(13)17-19-11-4-2-3-5-14(11)24-17/h2-7H,8H2,1H3,(H,22,23). The number of aliphatic carboxylic acids is 1. The van der Waals surface area contributed by atoms with Gasteiger partial charge in [-0.3, -0.25) is 4.79 Å². The van der Waals surface area contributed by atoms with Gasteiger partial charge in [-0.1, -0.05) is 35.1 Å². The molecule has 5 nitrogen and oxygen atoms in total. The average Bonchev–Trinajstić information content (AvgIpc) is 3.12.